The van der Waals surface area contributed by atoms with Crippen LogP contribution in [-0.2, 0) is 0 Å². The van der Waals surface area contributed by atoms with Gasteiger partial charge in [0.05, 0.1) is 0 Å². The van der Waals surface area contributed by atoms with E-state index in [1.165, 1.54) is 16.7 Å². The molecule has 0 radical (unpaired) electrons. The maximum Gasteiger partial charge on any atom is 0.115 e. The smallest absolute Gasteiger partial charge is 0.115 e. The standard InChI is InChI=1S/C16H18O/c1-11(2)16-12(3)5-4-6-15(16)13-7-9-14(17)10-8-13/h4-11,17H,1-3H3. The van der Waals surface area contributed by atoms with Crippen LogP contribution in [-0.4, -0.2) is 5.11 Å². The summed E-state index contributed by atoms with van der Waals surface area (Å²) in [5, 5.41) is 9.34. The Morgan fingerprint density at radius 3 is 2.18 bits per heavy atom. The molecule has 88 valence electrons. The molecule has 0 spiro atoms. The van der Waals surface area contributed by atoms with E-state index in [2.05, 4.69) is 39.0 Å². The minimum absolute atomic E-state index is 0.313. The van der Waals surface area contributed by atoms with Gasteiger partial charge in [-0.25, -0.2) is 0 Å². The van der Waals surface area contributed by atoms with Gasteiger partial charge in [0.2, 0.25) is 0 Å². The first kappa shape index (κ1) is 11.7. The third-order valence-corrected chi connectivity index (χ3v) is 3.08. The van der Waals surface area contributed by atoms with Gasteiger partial charge in [0.25, 0.3) is 0 Å². The fraction of sp³-hybridized carbons (Fsp3) is 0.250. The molecule has 0 unspecified atom stereocenters. The van der Waals surface area contributed by atoms with E-state index in [1.807, 2.05) is 12.1 Å². The molecule has 0 aliphatic heterocycles. The van der Waals surface area contributed by atoms with Crippen LogP contribution in [0.5, 0.6) is 5.75 Å². The van der Waals surface area contributed by atoms with Gasteiger partial charge < -0.3 is 5.11 Å². The van der Waals surface area contributed by atoms with Gasteiger partial charge in [0.15, 0.2) is 0 Å². The van der Waals surface area contributed by atoms with E-state index in [0.717, 1.165) is 5.56 Å². The molecule has 0 bridgehead atoms. The number of aryl methyl sites for hydroxylation is 1. The quantitative estimate of drug-likeness (QED) is 0.799. The Morgan fingerprint density at radius 1 is 0.941 bits per heavy atom. The summed E-state index contributed by atoms with van der Waals surface area (Å²) >= 11 is 0. The van der Waals surface area contributed by atoms with Gasteiger partial charge in [-0.15, -0.1) is 0 Å². The summed E-state index contributed by atoms with van der Waals surface area (Å²) in [6.07, 6.45) is 0. The molecule has 0 saturated heterocycles. The highest BCUT2D eigenvalue weighted by molar-refractivity contribution is 5.70. The predicted molar refractivity (Wildman–Crippen MR) is 72.4 cm³/mol. The number of hydrogen-bond acceptors (Lipinski definition) is 1. The molecule has 0 saturated carbocycles. The van der Waals surface area contributed by atoms with Gasteiger partial charge in [-0.1, -0.05) is 44.2 Å². The Kier molecular flexibility index (Phi) is 3.19. The summed E-state index contributed by atoms with van der Waals surface area (Å²) in [4.78, 5) is 0. The fourth-order valence-corrected chi connectivity index (χ4v) is 2.34. The van der Waals surface area contributed by atoms with Crippen molar-refractivity contribution in [1.82, 2.24) is 0 Å². The summed E-state index contributed by atoms with van der Waals surface area (Å²) in [5.74, 6) is 0.813. The van der Waals surface area contributed by atoms with Crippen LogP contribution in [0, 0.1) is 6.92 Å². The van der Waals surface area contributed by atoms with Crippen molar-refractivity contribution in [3.05, 3.63) is 53.6 Å². The minimum atomic E-state index is 0.313. The largest absolute Gasteiger partial charge is 0.508 e. The number of aromatic hydroxyl groups is 1. The molecular formula is C16H18O. The second-order valence-electron chi connectivity index (χ2n) is 4.74. The van der Waals surface area contributed by atoms with E-state index in [1.54, 1.807) is 12.1 Å². The molecule has 0 heterocycles. The molecule has 2 rings (SSSR count). The van der Waals surface area contributed by atoms with Gasteiger partial charge in [-0.3, -0.25) is 0 Å². The highest BCUT2D eigenvalue weighted by Crippen LogP contribution is 2.32. The maximum atomic E-state index is 9.34. The number of benzene rings is 2. The lowest BCUT2D eigenvalue weighted by atomic mass is 9.89. The summed E-state index contributed by atoms with van der Waals surface area (Å²) in [6, 6.07) is 13.8. The number of phenols is 1. The fourth-order valence-electron chi connectivity index (χ4n) is 2.34. The molecule has 1 heteroatoms. The Labute approximate surface area is 103 Å². The molecule has 0 aliphatic carbocycles. The van der Waals surface area contributed by atoms with Crippen molar-refractivity contribution in [3.63, 3.8) is 0 Å². The van der Waals surface area contributed by atoms with Gasteiger partial charge in [-0.05, 0) is 47.2 Å². The van der Waals surface area contributed by atoms with Gasteiger partial charge >= 0.3 is 0 Å². The van der Waals surface area contributed by atoms with Crippen LogP contribution < -0.4 is 0 Å². The second-order valence-corrected chi connectivity index (χ2v) is 4.74. The Bertz CT molecular complexity index is 510. The highest BCUT2D eigenvalue weighted by Gasteiger charge is 2.10. The normalized spacial score (nSPS) is 10.8. The van der Waals surface area contributed by atoms with Crippen LogP contribution in [0.3, 0.4) is 0 Å². The molecule has 1 N–H and O–H groups in total. The average molecular weight is 226 g/mol. The van der Waals surface area contributed by atoms with Gasteiger partial charge in [0.1, 0.15) is 5.75 Å². The van der Waals surface area contributed by atoms with Crippen LogP contribution >= 0.6 is 0 Å². The molecule has 17 heavy (non-hydrogen) atoms. The molecule has 0 fully saturated rings. The predicted octanol–water partition coefficient (Wildman–Crippen LogP) is 4.49. The van der Waals surface area contributed by atoms with Crippen molar-refractivity contribution >= 4 is 0 Å². The molecule has 1 nitrogen and oxygen atoms in total. The average Bonchev–Trinajstić information content (AvgIpc) is 2.29. The monoisotopic (exact) mass is 226 g/mol. The first-order valence-electron chi connectivity index (χ1n) is 5.98. The van der Waals surface area contributed by atoms with Crippen LogP contribution in [0.1, 0.15) is 30.9 Å². The van der Waals surface area contributed by atoms with Crippen molar-refractivity contribution in [3.8, 4) is 16.9 Å². The Hall–Kier alpha value is -1.76. The van der Waals surface area contributed by atoms with Crippen molar-refractivity contribution in [1.29, 1.82) is 0 Å². The van der Waals surface area contributed by atoms with Crippen LogP contribution in [0.4, 0.5) is 0 Å². The van der Waals surface area contributed by atoms with Gasteiger partial charge in [-0.2, -0.15) is 0 Å². The highest BCUT2D eigenvalue weighted by atomic mass is 16.3. The molecule has 0 atom stereocenters. The lowest BCUT2D eigenvalue weighted by Gasteiger charge is -2.16. The zero-order chi connectivity index (χ0) is 12.4. The van der Waals surface area contributed by atoms with E-state index >= 15 is 0 Å². The Balaban J connectivity index is 2.59. The molecule has 0 aliphatic rings. The first-order chi connectivity index (χ1) is 8.09. The SMILES string of the molecule is Cc1cccc(-c2ccc(O)cc2)c1C(C)C. The van der Waals surface area contributed by atoms with E-state index in [-0.39, 0.29) is 0 Å². The molecule has 2 aromatic rings. The van der Waals surface area contributed by atoms with Crippen LogP contribution in [0.25, 0.3) is 11.1 Å². The van der Waals surface area contributed by atoms with Crippen molar-refractivity contribution < 1.29 is 5.11 Å². The van der Waals surface area contributed by atoms with Crippen molar-refractivity contribution in [2.45, 2.75) is 26.7 Å². The van der Waals surface area contributed by atoms with Gasteiger partial charge in [0, 0.05) is 0 Å². The van der Waals surface area contributed by atoms with Crippen LogP contribution in [0.15, 0.2) is 42.5 Å². The number of rotatable bonds is 2. The van der Waals surface area contributed by atoms with E-state index in [0.29, 0.717) is 11.7 Å². The third kappa shape index (κ3) is 2.33. The summed E-state index contributed by atoms with van der Waals surface area (Å²) in [7, 11) is 0. The summed E-state index contributed by atoms with van der Waals surface area (Å²) in [6.45, 7) is 6.58. The zero-order valence-electron chi connectivity index (χ0n) is 10.6. The Morgan fingerprint density at radius 2 is 1.59 bits per heavy atom. The molecule has 0 amide bonds. The summed E-state index contributed by atoms with van der Waals surface area (Å²) < 4.78 is 0. The van der Waals surface area contributed by atoms with E-state index in [4.69, 9.17) is 0 Å². The molecular weight excluding hydrogens is 208 g/mol. The third-order valence-electron chi connectivity index (χ3n) is 3.08. The summed E-state index contributed by atoms with van der Waals surface area (Å²) in [5.41, 5.74) is 5.14. The van der Waals surface area contributed by atoms with Crippen molar-refractivity contribution in [2.75, 3.05) is 0 Å². The lowest BCUT2D eigenvalue weighted by Crippen LogP contribution is -1.95. The maximum absolute atomic E-state index is 9.34. The topological polar surface area (TPSA) is 20.2 Å². The molecule has 2 aromatic carbocycles. The molecule has 0 aromatic heterocycles. The zero-order valence-corrected chi connectivity index (χ0v) is 10.6. The van der Waals surface area contributed by atoms with Crippen molar-refractivity contribution in [2.24, 2.45) is 0 Å². The number of hydrogen-bond donors (Lipinski definition) is 1. The number of phenolic OH excluding ortho intramolecular Hbond substituents is 1. The first-order valence-corrected chi connectivity index (χ1v) is 5.98. The van der Waals surface area contributed by atoms with E-state index in [9.17, 15) is 5.11 Å². The second kappa shape index (κ2) is 4.62. The lowest BCUT2D eigenvalue weighted by molar-refractivity contribution is 0.475. The van der Waals surface area contributed by atoms with E-state index < -0.39 is 0 Å². The van der Waals surface area contributed by atoms with Crippen LogP contribution in [0.2, 0.25) is 0 Å². The minimum Gasteiger partial charge on any atom is -0.508 e.